The Morgan fingerprint density at radius 3 is 2.32 bits per heavy atom. The SMILES string of the molecule is C=CC(=O)NC1CC2CCN(S(=O)(=O)c3ccc(C(=O)NCC45CC6CC(CC(C6)C4)C5)cc3)CC2O1. The van der Waals surface area contributed by atoms with Crippen molar-refractivity contribution < 1.29 is 22.7 Å². The molecule has 37 heavy (non-hydrogen) atoms. The van der Waals surface area contributed by atoms with E-state index in [2.05, 4.69) is 17.2 Å². The third kappa shape index (κ3) is 4.86. The zero-order valence-corrected chi connectivity index (χ0v) is 22.0. The maximum atomic E-state index is 13.3. The van der Waals surface area contributed by atoms with Gasteiger partial charge in [-0.25, -0.2) is 8.42 Å². The molecule has 8 nitrogen and oxygen atoms in total. The highest BCUT2D eigenvalue weighted by Crippen LogP contribution is 2.59. The molecule has 2 amide bonds. The van der Waals surface area contributed by atoms with E-state index in [0.717, 1.165) is 24.3 Å². The third-order valence-electron chi connectivity index (χ3n) is 9.55. The minimum atomic E-state index is -3.71. The van der Waals surface area contributed by atoms with Crippen LogP contribution in [-0.2, 0) is 19.6 Å². The second-order valence-electron chi connectivity index (χ2n) is 12.1. The van der Waals surface area contributed by atoms with Gasteiger partial charge in [-0.3, -0.25) is 9.59 Å². The summed E-state index contributed by atoms with van der Waals surface area (Å²) in [7, 11) is -3.71. The molecule has 3 unspecified atom stereocenters. The standard InChI is InChI=1S/C28H37N3O5S/c1-2-25(32)30-26-12-22-7-8-31(16-24(22)36-26)37(34,35)23-5-3-21(4-6-23)27(33)29-17-28-13-18-9-19(14-28)11-20(10-18)15-28/h2-6,18-20,22,24,26H,1,7-17H2,(H,29,33)(H,30,32). The Bertz CT molecular complexity index is 1150. The topological polar surface area (TPSA) is 105 Å². The minimum Gasteiger partial charge on any atom is -0.354 e. The predicted molar refractivity (Wildman–Crippen MR) is 138 cm³/mol. The van der Waals surface area contributed by atoms with Gasteiger partial charge < -0.3 is 15.4 Å². The molecule has 1 aromatic rings. The molecule has 7 rings (SSSR count). The van der Waals surface area contributed by atoms with Crippen molar-refractivity contribution in [3.05, 3.63) is 42.5 Å². The highest BCUT2D eigenvalue weighted by molar-refractivity contribution is 7.89. The lowest BCUT2D eigenvalue weighted by Gasteiger charge is -2.56. The molecule has 6 aliphatic rings. The van der Waals surface area contributed by atoms with Gasteiger partial charge >= 0.3 is 0 Å². The van der Waals surface area contributed by atoms with E-state index in [-0.39, 0.29) is 40.7 Å². The van der Waals surface area contributed by atoms with Crippen LogP contribution < -0.4 is 10.6 Å². The van der Waals surface area contributed by atoms with Crippen LogP contribution in [0.3, 0.4) is 0 Å². The van der Waals surface area contributed by atoms with Crippen LogP contribution in [-0.4, -0.2) is 56.5 Å². The van der Waals surface area contributed by atoms with E-state index in [4.69, 9.17) is 4.74 Å². The van der Waals surface area contributed by atoms with Gasteiger partial charge in [-0.05, 0) is 111 Å². The number of amides is 2. The lowest BCUT2D eigenvalue weighted by atomic mass is 9.49. The zero-order valence-electron chi connectivity index (χ0n) is 21.2. The summed E-state index contributed by atoms with van der Waals surface area (Å²) in [5.41, 5.74) is 0.748. The molecule has 0 radical (unpaired) electrons. The first-order valence-corrected chi connectivity index (χ1v) is 15.1. The van der Waals surface area contributed by atoms with E-state index in [1.54, 1.807) is 12.1 Å². The van der Waals surface area contributed by atoms with Crippen LogP contribution in [0.5, 0.6) is 0 Å². The van der Waals surface area contributed by atoms with Gasteiger partial charge in [-0.15, -0.1) is 0 Å². The molecule has 2 heterocycles. The molecule has 2 saturated heterocycles. The number of carbonyl (C=O) groups is 2. The van der Waals surface area contributed by atoms with Gasteiger partial charge in [0, 0.05) is 25.2 Å². The molecular weight excluding hydrogens is 490 g/mol. The van der Waals surface area contributed by atoms with Crippen molar-refractivity contribution in [1.82, 2.24) is 14.9 Å². The van der Waals surface area contributed by atoms with Gasteiger partial charge in [0.1, 0.15) is 6.23 Å². The molecule has 1 aromatic carbocycles. The average molecular weight is 528 g/mol. The van der Waals surface area contributed by atoms with E-state index >= 15 is 0 Å². The second-order valence-corrected chi connectivity index (χ2v) is 14.1. The average Bonchev–Trinajstić information content (AvgIpc) is 3.28. The lowest BCUT2D eigenvalue weighted by Crippen LogP contribution is -2.51. The number of nitrogens with zero attached hydrogens (tertiary/aromatic N) is 1. The molecule has 4 saturated carbocycles. The number of sulfonamides is 1. The zero-order chi connectivity index (χ0) is 25.8. The first kappa shape index (κ1) is 25.1. The van der Waals surface area contributed by atoms with Gasteiger partial charge in [0.05, 0.1) is 11.0 Å². The molecule has 0 aromatic heterocycles. The number of ether oxygens (including phenoxy) is 1. The quantitative estimate of drug-likeness (QED) is 0.531. The summed E-state index contributed by atoms with van der Waals surface area (Å²) >= 11 is 0. The van der Waals surface area contributed by atoms with Crippen LogP contribution in [0.15, 0.2) is 41.8 Å². The van der Waals surface area contributed by atoms with E-state index < -0.39 is 16.3 Å². The molecule has 9 heteroatoms. The maximum absolute atomic E-state index is 13.3. The van der Waals surface area contributed by atoms with Crippen molar-refractivity contribution in [1.29, 1.82) is 0 Å². The molecule has 3 atom stereocenters. The maximum Gasteiger partial charge on any atom is 0.251 e. The Kier molecular flexibility index (Phi) is 6.44. The number of hydrogen-bond acceptors (Lipinski definition) is 5. The highest BCUT2D eigenvalue weighted by Gasteiger charge is 2.50. The minimum absolute atomic E-state index is 0.132. The summed E-state index contributed by atoms with van der Waals surface area (Å²) in [6.07, 6.45) is 9.71. The first-order chi connectivity index (χ1) is 17.7. The van der Waals surface area contributed by atoms with Crippen molar-refractivity contribution in [2.45, 2.75) is 68.6 Å². The summed E-state index contributed by atoms with van der Waals surface area (Å²) in [6, 6.07) is 6.29. The number of carbonyl (C=O) groups excluding carboxylic acids is 2. The summed E-state index contributed by atoms with van der Waals surface area (Å²) in [6.45, 7) is 4.83. The fourth-order valence-corrected chi connectivity index (χ4v) is 9.70. The number of rotatable bonds is 7. The second kappa shape index (κ2) is 9.50. The summed E-state index contributed by atoms with van der Waals surface area (Å²) < 4.78 is 34.0. The number of benzene rings is 1. The van der Waals surface area contributed by atoms with Gasteiger partial charge in [-0.1, -0.05) is 6.58 Å². The largest absolute Gasteiger partial charge is 0.354 e. The lowest BCUT2D eigenvalue weighted by molar-refractivity contribution is -0.120. The van der Waals surface area contributed by atoms with Crippen LogP contribution in [0, 0.1) is 29.1 Å². The summed E-state index contributed by atoms with van der Waals surface area (Å²) in [5, 5.41) is 5.92. The fourth-order valence-electron chi connectivity index (χ4n) is 8.23. The highest BCUT2D eigenvalue weighted by atomic mass is 32.2. The molecule has 2 N–H and O–H groups in total. The normalized spacial score (nSPS) is 36.6. The van der Waals surface area contributed by atoms with Crippen molar-refractivity contribution >= 4 is 21.8 Å². The van der Waals surface area contributed by atoms with E-state index in [0.29, 0.717) is 24.9 Å². The Morgan fingerprint density at radius 2 is 1.70 bits per heavy atom. The van der Waals surface area contributed by atoms with E-state index in [1.807, 2.05) is 0 Å². The van der Waals surface area contributed by atoms with Gasteiger partial charge in [-0.2, -0.15) is 4.31 Å². The van der Waals surface area contributed by atoms with Crippen LogP contribution in [0.25, 0.3) is 0 Å². The number of piperidine rings is 1. The molecular formula is C28H37N3O5S. The third-order valence-corrected chi connectivity index (χ3v) is 11.4. The first-order valence-electron chi connectivity index (χ1n) is 13.7. The molecule has 6 fully saturated rings. The fraction of sp³-hybridized carbons (Fsp3) is 0.643. The Morgan fingerprint density at radius 1 is 1.05 bits per heavy atom. The number of hydrogen-bond donors (Lipinski definition) is 2. The Hall–Kier alpha value is -2.23. The van der Waals surface area contributed by atoms with E-state index in [1.165, 1.54) is 61.0 Å². The monoisotopic (exact) mass is 527 g/mol. The Labute approximate surface area is 219 Å². The van der Waals surface area contributed by atoms with Crippen molar-refractivity contribution in [3.8, 4) is 0 Å². The number of nitrogens with one attached hydrogen (secondary N) is 2. The number of fused-ring (bicyclic) bond motifs is 1. The molecule has 4 bridgehead atoms. The summed E-state index contributed by atoms with van der Waals surface area (Å²) in [5.74, 6) is 2.29. The summed E-state index contributed by atoms with van der Waals surface area (Å²) in [4.78, 5) is 24.7. The van der Waals surface area contributed by atoms with Crippen LogP contribution in [0.2, 0.25) is 0 Å². The van der Waals surface area contributed by atoms with E-state index in [9.17, 15) is 18.0 Å². The van der Waals surface area contributed by atoms with Gasteiger partial charge in [0.15, 0.2) is 0 Å². The van der Waals surface area contributed by atoms with Crippen molar-refractivity contribution in [2.24, 2.45) is 29.1 Å². The molecule has 2 aliphatic heterocycles. The molecule has 4 aliphatic carbocycles. The van der Waals surface area contributed by atoms with Crippen LogP contribution >= 0.6 is 0 Å². The molecule has 0 spiro atoms. The van der Waals surface area contributed by atoms with Crippen LogP contribution in [0.1, 0.15) is 61.7 Å². The predicted octanol–water partition coefficient (Wildman–Crippen LogP) is 3.06. The van der Waals surface area contributed by atoms with Crippen molar-refractivity contribution in [3.63, 3.8) is 0 Å². The van der Waals surface area contributed by atoms with Crippen molar-refractivity contribution in [2.75, 3.05) is 19.6 Å². The van der Waals surface area contributed by atoms with Gasteiger partial charge in [0.25, 0.3) is 5.91 Å². The molecule has 200 valence electrons. The van der Waals surface area contributed by atoms with Gasteiger partial charge in [0.2, 0.25) is 15.9 Å². The van der Waals surface area contributed by atoms with Crippen LogP contribution in [0.4, 0.5) is 0 Å². The Balaban J connectivity index is 1.06. The smallest absolute Gasteiger partial charge is 0.251 e.